The number of anilines is 1. The van der Waals surface area contributed by atoms with Crippen molar-refractivity contribution >= 4 is 17.6 Å². The van der Waals surface area contributed by atoms with Gasteiger partial charge in [-0.1, -0.05) is 0 Å². The van der Waals surface area contributed by atoms with Crippen LogP contribution >= 0.6 is 0 Å². The average Bonchev–Trinajstić information content (AvgIpc) is 3.02. The average molecular weight is 338 g/mol. The number of hydrogen-bond donors (Lipinski definition) is 3. The molecule has 1 amide bonds. The molecule has 0 atom stereocenters. The second-order valence-corrected chi connectivity index (χ2v) is 5.65. The fourth-order valence-electron chi connectivity index (χ4n) is 2.71. The van der Waals surface area contributed by atoms with E-state index in [1.807, 2.05) is 0 Å². The van der Waals surface area contributed by atoms with E-state index in [0.717, 1.165) is 0 Å². The first kappa shape index (κ1) is 15.4. The number of hydrogen-bond acceptors (Lipinski definition) is 5. The van der Waals surface area contributed by atoms with Gasteiger partial charge in [-0.15, -0.1) is 0 Å². The monoisotopic (exact) mass is 338 g/mol. The van der Waals surface area contributed by atoms with Crippen LogP contribution in [0.3, 0.4) is 0 Å². The number of carbonyl (C=O) groups excluding carboxylic acids is 1. The number of nitrogens with zero attached hydrogens (tertiary/aromatic N) is 3. The number of aliphatic imine (C=N–C) groups is 1. The van der Waals surface area contributed by atoms with E-state index in [0.29, 0.717) is 49.0 Å². The first-order valence-corrected chi connectivity index (χ1v) is 7.92. The third-order valence-corrected chi connectivity index (χ3v) is 3.90. The Morgan fingerprint density at radius 1 is 1.16 bits per heavy atom. The van der Waals surface area contributed by atoms with Crippen LogP contribution in [0.25, 0.3) is 11.1 Å². The molecule has 2 aliphatic heterocycles. The van der Waals surface area contributed by atoms with Crippen LogP contribution in [0.1, 0.15) is 10.4 Å². The lowest BCUT2D eigenvalue weighted by atomic mass is 10.0. The van der Waals surface area contributed by atoms with Gasteiger partial charge in [0.05, 0.1) is 12.7 Å². The minimum absolute atomic E-state index is 0.264. The van der Waals surface area contributed by atoms with Crippen molar-refractivity contribution in [1.82, 2.24) is 20.4 Å². The first-order chi connectivity index (χ1) is 12.2. The predicted octanol–water partition coefficient (Wildman–Crippen LogP) is 0.655. The van der Waals surface area contributed by atoms with Crippen molar-refractivity contribution in [3.63, 3.8) is 0 Å². The maximum Gasteiger partial charge on any atom is 0.251 e. The Morgan fingerprint density at radius 3 is 2.96 bits per heavy atom. The summed E-state index contributed by atoms with van der Waals surface area (Å²) in [5, 5.41) is 13.3. The normalized spacial score (nSPS) is 16.4. The number of benzene rings is 1. The Kier molecular flexibility index (Phi) is 3.91. The molecule has 0 saturated carbocycles. The summed E-state index contributed by atoms with van der Waals surface area (Å²) < 4.78 is 15.5. The van der Waals surface area contributed by atoms with Crippen molar-refractivity contribution in [3.05, 3.63) is 35.8 Å². The SMILES string of the molecule is O=C1NCCNCCN=C2C#Cn3ncc(c3N2)-c2cc(F)cc1c2. The number of fused-ring (bicyclic) bond motifs is 4. The molecule has 0 radical (unpaired) electrons. The van der Waals surface area contributed by atoms with Crippen LogP contribution in [0, 0.1) is 17.8 Å². The Hall–Kier alpha value is -3.18. The van der Waals surface area contributed by atoms with E-state index >= 15 is 0 Å². The Balaban J connectivity index is 1.82. The second kappa shape index (κ2) is 6.37. The molecule has 3 N–H and O–H groups in total. The third-order valence-electron chi connectivity index (χ3n) is 3.90. The van der Waals surface area contributed by atoms with Crippen LogP contribution in [0.2, 0.25) is 0 Å². The van der Waals surface area contributed by atoms with Gasteiger partial charge in [0.1, 0.15) is 5.82 Å². The predicted molar refractivity (Wildman–Crippen MR) is 91.9 cm³/mol. The molecule has 2 aromatic rings. The van der Waals surface area contributed by atoms with Crippen molar-refractivity contribution in [1.29, 1.82) is 0 Å². The topological polar surface area (TPSA) is 83.3 Å². The molecule has 4 bridgehead atoms. The van der Waals surface area contributed by atoms with Crippen LogP contribution in [-0.2, 0) is 0 Å². The van der Waals surface area contributed by atoms with E-state index in [9.17, 15) is 9.18 Å². The maximum absolute atomic E-state index is 14.1. The number of rotatable bonds is 0. The van der Waals surface area contributed by atoms with E-state index in [4.69, 9.17) is 0 Å². The molecule has 1 aromatic carbocycles. The molecule has 0 fully saturated rings. The van der Waals surface area contributed by atoms with Gasteiger partial charge in [-0.05, 0) is 29.7 Å². The summed E-state index contributed by atoms with van der Waals surface area (Å²) in [6.45, 7) is 2.27. The van der Waals surface area contributed by atoms with Crippen LogP contribution in [0.5, 0.6) is 0 Å². The van der Waals surface area contributed by atoms with E-state index in [1.165, 1.54) is 16.8 Å². The highest BCUT2D eigenvalue weighted by Crippen LogP contribution is 2.30. The highest BCUT2D eigenvalue weighted by atomic mass is 19.1. The molecule has 4 rings (SSSR count). The quantitative estimate of drug-likeness (QED) is 0.616. The zero-order chi connectivity index (χ0) is 17.2. The van der Waals surface area contributed by atoms with Crippen LogP contribution in [0.15, 0.2) is 29.4 Å². The second-order valence-electron chi connectivity index (χ2n) is 5.65. The molecule has 3 heterocycles. The summed E-state index contributed by atoms with van der Waals surface area (Å²) in [6.07, 6.45) is 1.59. The molecule has 0 saturated heterocycles. The largest absolute Gasteiger partial charge is 0.351 e. The van der Waals surface area contributed by atoms with E-state index in [2.05, 4.69) is 38.0 Å². The van der Waals surface area contributed by atoms with Gasteiger partial charge < -0.3 is 16.0 Å². The number of nitrogens with one attached hydrogen (secondary N) is 3. The summed E-state index contributed by atoms with van der Waals surface area (Å²) >= 11 is 0. The summed E-state index contributed by atoms with van der Waals surface area (Å²) in [4.78, 5) is 16.7. The summed E-state index contributed by atoms with van der Waals surface area (Å²) in [5.74, 6) is 3.24. The highest BCUT2D eigenvalue weighted by molar-refractivity contribution is 6.11. The van der Waals surface area contributed by atoms with Gasteiger partial charge in [0, 0.05) is 36.8 Å². The van der Waals surface area contributed by atoms with Crippen molar-refractivity contribution in [2.75, 3.05) is 31.5 Å². The van der Waals surface area contributed by atoms with E-state index in [1.54, 1.807) is 12.3 Å². The third kappa shape index (κ3) is 3.09. The Bertz CT molecular complexity index is 936. The Labute approximate surface area is 143 Å². The standard InChI is InChI=1S/C17H15FN6O/c18-13-8-11-7-12(9-13)17(25)21-5-3-19-2-4-20-15-1-6-24-16(23-15)14(11)10-22-24/h7-10,19H,2-5H2,(H,20,23)(H,21,25). The van der Waals surface area contributed by atoms with Crippen molar-refractivity contribution < 1.29 is 9.18 Å². The molecule has 0 spiro atoms. The van der Waals surface area contributed by atoms with Crippen molar-refractivity contribution in [2.24, 2.45) is 4.99 Å². The molecular formula is C17H15FN6O. The lowest BCUT2D eigenvalue weighted by Crippen LogP contribution is -2.33. The zero-order valence-electron chi connectivity index (χ0n) is 13.3. The number of aromatic nitrogens is 2. The molecule has 8 heteroatoms. The van der Waals surface area contributed by atoms with Gasteiger partial charge in [-0.2, -0.15) is 9.78 Å². The number of amidine groups is 1. The number of amides is 1. The number of carbonyl (C=O) groups is 1. The molecule has 0 unspecified atom stereocenters. The van der Waals surface area contributed by atoms with Crippen molar-refractivity contribution in [2.45, 2.75) is 0 Å². The van der Waals surface area contributed by atoms with Crippen LogP contribution in [0.4, 0.5) is 10.2 Å². The van der Waals surface area contributed by atoms with E-state index in [-0.39, 0.29) is 11.5 Å². The number of halogens is 1. The molecule has 7 nitrogen and oxygen atoms in total. The molecule has 126 valence electrons. The molecule has 1 aromatic heterocycles. The summed E-state index contributed by atoms with van der Waals surface area (Å²) in [7, 11) is 0. The molecule has 2 aliphatic rings. The lowest BCUT2D eigenvalue weighted by molar-refractivity contribution is 0.0953. The van der Waals surface area contributed by atoms with Gasteiger partial charge >= 0.3 is 0 Å². The van der Waals surface area contributed by atoms with Gasteiger partial charge in [-0.25, -0.2) is 4.39 Å². The van der Waals surface area contributed by atoms with Gasteiger partial charge in [0.2, 0.25) is 0 Å². The van der Waals surface area contributed by atoms with E-state index < -0.39 is 5.82 Å². The Morgan fingerprint density at radius 2 is 2.04 bits per heavy atom. The summed E-state index contributed by atoms with van der Waals surface area (Å²) in [6, 6.07) is 7.11. The minimum Gasteiger partial charge on any atom is -0.351 e. The van der Waals surface area contributed by atoms with Gasteiger partial charge in [0.15, 0.2) is 11.7 Å². The molecule has 25 heavy (non-hydrogen) atoms. The van der Waals surface area contributed by atoms with Gasteiger partial charge in [-0.3, -0.25) is 9.79 Å². The van der Waals surface area contributed by atoms with Gasteiger partial charge in [0.25, 0.3) is 5.91 Å². The van der Waals surface area contributed by atoms with Crippen LogP contribution < -0.4 is 16.0 Å². The molecule has 0 aliphatic carbocycles. The maximum atomic E-state index is 14.1. The first-order valence-electron chi connectivity index (χ1n) is 7.92. The highest BCUT2D eigenvalue weighted by Gasteiger charge is 2.18. The summed E-state index contributed by atoms with van der Waals surface area (Å²) in [5.41, 5.74) is 1.47. The smallest absolute Gasteiger partial charge is 0.251 e. The van der Waals surface area contributed by atoms with Crippen LogP contribution in [-0.4, -0.2) is 47.7 Å². The molecular weight excluding hydrogens is 323 g/mol. The zero-order valence-corrected chi connectivity index (χ0v) is 13.3. The fourth-order valence-corrected chi connectivity index (χ4v) is 2.71. The minimum atomic E-state index is -0.485. The van der Waals surface area contributed by atoms with Crippen molar-refractivity contribution in [3.8, 4) is 23.1 Å². The fraction of sp³-hybridized carbons (Fsp3) is 0.235. The lowest BCUT2D eigenvalue weighted by Gasteiger charge is -2.12.